The Morgan fingerprint density at radius 1 is 0.947 bits per heavy atom. The van der Waals surface area contributed by atoms with Crippen molar-refractivity contribution in [2.75, 3.05) is 24.9 Å². The number of hydrogen-bond acceptors (Lipinski definition) is 7. The highest BCUT2D eigenvalue weighted by Gasteiger charge is 2.18. The van der Waals surface area contributed by atoms with Gasteiger partial charge in [-0.1, -0.05) is 35.3 Å². The maximum atomic E-state index is 12.8. The van der Waals surface area contributed by atoms with Gasteiger partial charge in [0.05, 0.1) is 35.2 Å². The monoisotopic (exact) mass is 587 g/mol. The van der Waals surface area contributed by atoms with E-state index in [1.54, 1.807) is 36.4 Å². The number of carbonyl (C=O) groups is 2. The van der Waals surface area contributed by atoms with Crippen LogP contribution in [0, 0.1) is 0 Å². The fourth-order valence-electron chi connectivity index (χ4n) is 3.41. The van der Waals surface area contributed by atoms with E-state index in [4.69, 9.17) is 32.7 Å². The SMILES string of the molecule is COc1ccc(C(=O)Nc2cccc(SC(C)C(=O)Nc3nc(-c4ccc(Cl)c(Cl)c4)cs3)c2)cc1OC. The van der Waals surface area contributed by atoms with Crippen LogP contribution in [-0.4, -0.2) is 36.3 Å². The summed E-state index contributed by atoms with van der Waals surface area (Å²) in [7, 11) is 3.05. The standard InChI is InChI=1S/C27H23Cl2N3O4S2/c1-15(25(33)32-27-31-22(14-37-27)16-7-9-20(28)21(29)11-16)38-19-6-4-5-18(13-19)30-26(34)17-8-10-23(35-2)24(12-17)36-3/h4-15H,1-3H3,(H,30,34)(H,31,32,33). The van der Waals surface area contributed by atoms with E-state index in [1.807, 2.05) is 36.6 Å². The van der Waals surface area contributed by atoms with Gasteiger partial charge in [-0.3, -0.25) is 9.59 Å². The summed E-state index contributed by atoms with van der Waals surface area (Å²) in [5.74, 6) is 0.525. The molecule has 0 saturated heterocycles. The van der Waals surface area contributed by atoms with Crippen molar-refractivity contribution in [3.05, 3.63) is 81.7 Å². The van der Waals surface area contributed by atoms with Gasteiger partial charge in [0.1, 0.15) is 0 Å². The van der Waals surface area contributed by atoms with Crippen molar-refractivity contribution in [1.29, 1.82) is 0 Å². The average molecular weight is 589 g/mol. The van der Waals surface area contributed by atoms with Crippen LogP contribution in [0.3, 0.4) is 0 Å². The first-order valence-electron chi connectivity index (χ1n) is 11.3. The molecule has 1 atom stereocenters. The summed E-state index contributed by atoms with van der Waals surface area (Å²) >= 11 is 14.8. The van der Waals surface area contributed by atoms with E-state index in [-0.39, 0.29) is 11.8 Å². The minimum atomic E-state index is -0.413. The van der Waals surface area contributed by atoms with E-state index in [9.17, 15) is 9.59 Å². The van der Waals surface area contributed by atoms with E-state index in [1.165, 1.54) is 37.3 Å². The van der Waals surface area contributed by atoms with Gasteiger partial charge in [-0.2, -0.15) is 0 Å². The van der Waals surface area contributed by atoms with E-state index >= 15 is 0 Å². The van der Waals surface area contributed by atoms with Crippen molar-refractivity contribution in [3.63, 3.8) is 0 Å². The van der Waals surface area contributed by atoms with Crippen LogP contribution in [0.2, 0.25) is 10.0 Å². The molecule has 196 valence electrons. The number of anilines is 2. The second kappa shape index (κ2) is 12.5. The van der Waals surface area contributed by atoms with Crippen LogP contribution >= 0.6 is 46.3 Å². The summed E-state index contributed by atoms with van der Waals surface area (Å²) in [6.45, 7) is 1.81. The van der Waals surface area contributed by atoms with Gasteiger partial charge in [0, 0.05) is 27.1 Å². The molecule has 2 amide bonds. The summed E-state index contributed by atoms with van der Waals surface area (Å²) in [4.78, 5) is 30.9. The summed E-state index contributed by atoms with van der Waals surface area (Å²) in [5.41, 5.74) is 2.54. The van der Waals surface area contributed by atoms with Crippen LogP contribution in [0.25, 0.3) is 11.3 Å². The molecular formula is C27H23Cl2N3O4S2. The number of nitrogens with one attached hydrogen (secondary N) is 2. The van der Waals surface area contributed by atoms with Gasteiger partial charge in [-0.25, -0.2) is 4.98 Å². The molecule has 7 nitrogen and oxygen atoms in total. The molecule has 0 radical (unpaired) electrons. The lowest BCUT2D eigenvalue weighted by Crippen LogP contribution is -2.22. The molecule has 0 aliphatic heterocycles. The van der Waals surface area contributed by atoms with Gasteiger partial charge < -0.3 is 20.1 Å². The molecule has 1 heterocycles. The number of benzene rings is 3. The van der Waals surface area contributed by atoms with E-state index in [0.717, 1.165) is 10.5 Å². The van der Waals surface area contributed by atoms with E-state index < -0.39 is 5.25 Å². The molecule has 4 aromatic rings. The predicted octanol–water partition coefficient (Wildman–Crippen LogP) is 7.51. The van der Waals surface area contributed by atoms with Crippen LogP contribution < -0.4 is 20.1 Å². The average Bonchev–Trinajstić information content (AvgIpc) is 3.38. The highest BCUT2D eigenvalue weighted by Crippen LogP contribution is 2.32. The molecule has 1 aromatic heterocycles. The molecule has 2 N–H and O–H groups in total. The van der Waals surface area contributed by atoms with Crippen LogP contribution in [0.4, 0.5) is 10.8 Å². The lowest BCUT2D eigenvalue weighted by atomic mass is 10.2. The van der Waals surface area contributed by atoms with E-state index in [2.05, 4.69) is 15.6 Å². The van der Waals surface area contributed by atoms with E-state index in [0.29, 0.717) is 43.6 Å². The number of halogens is 2. The molecule has 4 rings (SSSR count). The molecule has 3 aromatic carbocycles. The third-order valence-corrected chi connectivity index (χ3v) is 7.96. The summed E-state index contributed by atoms with van der Waals surface area (Å²) in [6.07, 6.45) is 0. The molecule has 1 unspecified atom stereocenters. The zero-order valence-electron chi connectivity index (χ0n) is 20.6. The van der Waals surface area contributed by atoms with Crippen molar-refractivity contribution < 1.29 is 19.1 Å². The molecule has 38 heavy (non-hydrogen) atoms. The topological polar surface area (TPSA) is 89.5 Å². The van der Waals surface area contributed by atoms with Crippen molar-refractivity contribution in [2.45, 2.75) is 17.1 Å². The Hall–Kier alpha value is -3.24. The highest BCUT2D eigenvalue weighted by molar-refractivity contribution is 8.00. The van der Waals surface area contributed by atoms with Crippen LogP contribution in [0.1, 0.15) is 17.3 Å². The van der Waals surface area contributed by atoms with Crippen molar-refractivity contribution >= 4 is 68.9 Å². The maximum Gasteiger partial charge on any atom is 0.255 e. The zero-order valence-corrected chi connectivity index (χ0v) is 23.7. The number of thioether (sulfide) groups is 1. The molecular weight excluding hydrogens is 565 g/mol. The van der Waals surface area contributed by atoms with Gasteiger partial charge in [0.15, 0.2) is 16.6 Å². The lowest BCUT2D eigenvalue weighted by molar-refractivity contribution is -0.115. The van der Waals surface area contributed by atoms with Crippen molar-refractivity contribution in [2.24, 2.45) is 0 Å². The Morgan fingerprint density at radius 3 is 2.47 bits per heavy atom. The number of amides is 2. The molecule has 0 saturated carbocycles. The first-order chi connectivity index (χ1) is 18.3. The van der Waals surface area contributed by atoms with Gasteiger partial charge in [0.25, 0.3) is 5.91 Å². The Morgan fingerprint density at radius 2 is 1.74 bits per heavy atom. The number of hydrogen-bond donors (Lipinski definition) is 2. The van der Waals surface area contributed by atoms with Gasteiger partial charge in [0.2, 0.25) is 5.91 Å². The number of aromatic nitrogens is 1. The number of ether oxygens (including phenoxy) is 2. The van der Waals surface area contributed by atoms with Gasteiger partial charge >= 0.3 is 0 Å². The molecule has 0 aliphatic carbocycles. The second-order valence-electron chi connectivity index (χ2n) is 7.97. The summed E-state index contributed by atoms with van der Waals surface area (Å²) in [6, 6.07) is 17.5. The fourth-order valence-corrected chi connectivity index (χ4v) is 5.36. The zero-order chi connectivity index (χ0) is 27.2. The number of methoxy groups -OCH3 is 2. The Balaban J connectivity index is 1.37. The third kappa shape index (κ3) is 6.79. The molecule has 0 aliphatic rings. The largest absolute Gasteiger partial charge is 0.493 e. The molecule has 0 bridgehead atoms. The minimum absolute atomic E-state index is 0.190. The van der Waals surface area contributed by atoms with Crippen molar-refractivity contribution in [1.82, 2.24) is 4.98 Å². The van der Waals surface area contributed by atoms with Crippen molar-refractivity contribution in [3.8, 4) is 22.8 Å². The summed E-state index contributed by atoms with van der Waals surface area (Å²) < 4.78 is 10.5. The predicted molar refractivity (Wildman–Crippen MR) is 155 cm³/mol. The lowest BCUT2D eigenvalue weighted by Gasteiger charge is -2.12. The smallest absolute Gasteiger partial charge is 0.255 e. The number of carbonyl (C=O) groups excluding carboxylic acids is 2. The summed E-state index contributed by atoms with van der Waals surface area (Å²) in [5, 5.41) is 8.57. The quantitative estimate of drug-likeness (QED) is 0.197. The molecule has 0 spiro atoms. The second-order valence-corrected chi connectivity index (χ2v) is 11.1. The van der Waals surface area contributed by atoms with Crippen LogP contribution in [0.5, 0.6) is 11.5 Å². The molecule has 0 fully saturated rings. The van der Waals surface area contributed by atoms with Gasteiger partial charge in [-0.15, -0.1) is 23.1 Å². The minimum Gasteiger partial charge on any atom is -0.493 e. The van der Waals surface area contributed by atoms with Gasteiger partial charge in [-0.05, 0) is 55.5 Å². The number of nitrogens with zero attached hydrogens (tertiary/aromatic N) is 1. The van der Waals surface area contributed by atoms with Crippen LogP contribution in [-0.2, 0) is 4.79 Å². The number of rotatable bonds is 9. The number of thiazole rings is 1. The molecule has 11 heteroatoms. The highest BCUT2D eigenvalue weighted by atomic mass is 35.5. The maximum absolute atomic E-state index is 12.8. The Kier molecular flexibility index (Phi) is 9.17. The Bertz CT molecular complexity index is 1480. The third-order valence-electron chi connectivity index (χ3n) is 5.37. The first-order valence-corrected chi connectivity index (χ1v) is 13.8. The Labute approximate surface area is 238 Å². The fraction of sp³-hybridized carbons (Fsp3) is 0.148. The normalized spacial score (nSPS) is 11.5. The first kappa shape index (κ1) is 27.8. The van der Waals surface area contributed by atoms with Crippen LogP contribution in [0.15, 0.2) is 70.9 Å².